The second-order valence-electron chi connectivity index (χ2n) is 11.2. The van der Waals surface area contributed by atoms with E-state index < -0.39 is 37.8 Å². The molecule has 1 unspecified atom stereocenters. The lowest BCUT2D eigenvalue weighted by Gasteiger charge is -2.36. The molecule has 220 valence electrons. The minimum Gasteiger partial charge on any atom is -0.468 e. The summed E-state index contributed by atoms with van der Waals surface area (Å²) in [4.78, 5) is 35.8. The van der Waals surface area contributed by atoms with E-state index in [1.165, 1.54) is 18.9 Å². The summed E-state index contributed by atoms with van der Waals surface area (Å²) in [7, 11) is -2.78. The molecule has 2 aliphatic rings. The summed E-state index contributed by atoms with van der Waals surface area (Å²) in [5.41, 5.74) is 1.79. The van der Waals surface area contributed by atoms with Crippen LogP contribution in [0, 0.1) is 26.9 Å². The summed E-state index contributed by atoms with van der Waals surface area (Å²) in [6, 6.07) is 13.6. The molecule has 2 fully saturated rings. The van der Waals surface area contributed by atoms with Gasteiger partial charge in [0, 0.05) is 17.5 Å². The molecule has 0 radical (unpaired) electrons. The van der Waals surface area contributed by atoms with Crippen molar-refractivity contribution in [2.75, 3.05) is 24.4 Å². The zero-order chi connectivity index (χ0) is 30.0. The van der Waals surface area contributed by atoms with Gasteiger partial charge in [-0.1, -0.05) is 50.2 Å². The molecular weight excluding hydrogens is 566 g/mol. The van der Waals surface area contributed by atoms with Crippen molar-refractivity contribution in [1.82, 2.24) is 4.72 Å². The average Bonchev–Trinajstić information content (AvgIpc) is 3.26. The number of Topliss-reactive ketones (excluding diaryl/α,β-unsaturated/α-hetero) is 1. The van der Waals surface area contributed by atoms with Crippen LogP contribution in [0.15, 0.2) is 59.8 Å². The first-order valence-corrected chi connectivity index (χ1v) is 16.1. The number of ether oxygens (including phenoxy) is 1. The Labute approximate surface area is 244 Å². The third-order valence-electron chi connectivity index (χ3n) is 8.68. The highest BCUT2D eigenvalue weighted by molar-refractivity contribution is 8.02. The molecule has 0 spiro atoms. The van der Waals surface area contributed by atoms with Crippen molar-refractivity contribution in [1.29, 1.82) is 0 Å². The maximum absolute atomic E-state index is 13.3. The van der Waals surface area contributed by atoms with Crippen molar-refractivity contribution >= 4 is 39.2 Å². The van der Waals surface area contributed by atoms with Crippen LogP contribution in [0.3, 0.4) is 0 Å². The van der Waals surface area contributed by atoms with Crippen LogP contribution in [0.25, 0.3) is 11.1 Å². The number of nitrogens with one attached hydrogen (secondary N) is 2. The van der Waals surface area contributed by atoms with Gasteiger partial charge in [0.15, 0.2) is 0 Å². The summed E-state index contributed by atoms with van der Waals surface area (Å²) < 4.78 is 34.1. The number of esters is 1. The van der Waals surface area contributed by atoms with E-state index in [4.69, 9.17) is 4.74 Å². The highest BCUT2D eigenvalue weighted by Gasteiger charge is 2.65. The first-order chi connectivity index (χ1) is 19.3. The third kappa shape index (κ3) is 6.49. The monoisotopic (exact) mass is 601 g/mol. The largest absolute Gasteiger partial charge is 0.468 e. The Morgan fingerprint density at radius 1 is 1.22 bits per heavy atom. The average molecular weight is 602 g/mol. The summed E-state index contributed by atoms with van der Waals surface area (Å²) in [5.74, 6) is -0.870. The fourth-order valence-corrected chi connectivity index (χ4v) is 8.66. The number of carbonyl (C=O) groups is 2. The number of methoxy groups -OCH3 is 1. The predicted molar refractivity (Wildman–Crippen MR) is 159 cm³/mol. The number of nitrogens with zero attached hydrogens (tertiary/aromatic N) is 1. The maximum Gasteiger partial charge on any atom is 0.324 e. The number of hydrogen-bond acceptors (Lipinski definition) is 9. The number of rotatable bonds is 12. The highest BCUT2D eigenvalue weighted by Crippen LogP contribution is 2.64. The van der Waals surface area contributed by atoms with Gasteiger partial charge in [0.05, 0.1) is 17.8 Å². The Morgan fingerprint density at radius 3 is 2.49 bits per heavy atom. The number of fused-ring (bicyclic) bond motifs is 2. The minimum atomic E-state index is -3.99. The molecule has 0 aliphatic heterocycles. The normalized spacial score (nSPS) is 22.4. The Bertz CT molecular complexity index is 1470. The second-order valence-corrected chi connectivity index (χ2v) is 13.8. The summed E-state index contributed by atoms with van der Waals surface area (Å²) in [6.45, 7) is 3.95. The van der Waals surface area contributed by atoms with Crippen molar-refractivity contribution in [3.8, 4) is 11.1 Å². The quantitative estimate of drug-likeness (QED) is 0.202. The number of nitro groups is 1. The van der Waals surface area contributed by atoms with E-state index in [2.05, 4.69) is 10.0 Å². The van der Waals surface area contributed by atoms with E-state index in [9.17, 15) is 28.1 Å². The standard InChI is InChI=1S/C29H35N3O7S2/c1-28(2)22-12-13-29(28,25(33)16-22)18-41(37,38)31-24(27(34)39-3)14-19-8-10-20(11-9-19)21-6-5-7-23(15-21)30-26(40-4)17-32(35)36/h5-11,15,17,22,24,30-31H,12-14,16,18H2,1-4H3/b26-17-/t22-,24-,29?/m0/s1. The van der Waals surface area contributed by atoms with Crippen LogP contribution in [0.2, 0.25) is 0 Å². The summed E-state index contributed by atoms with van der Waals surface area (Å²) >= 11 is 1.23. The van der Waals surface area contributed by atoms with E-state index in [0.717, 1.165) is 29.3 Å². The lowest BCUT2D eigenvalue weighted by Crippen LogP contribution is -2.50. The van der Waals surface area contributed by atoms with Crippen molar-refractivity contribution in [3.05, 3.63) is 75.4 Å². The van der Waals surface area contributed by atoms with E-state index in [1.807, 2.05) is 56.3 Å². The molecular formula is C29H35N3O7S2. The van der Waals surface area contributed by atoms with Crippen molar-refractivity contribution in [3.63, 3.8) is 0 Å². The number of benzene rings is 2. The Hall–Kier alpha value is -3.22. The van der Waals surface area contributed by atoms with Gasteiger partial charge in [0.25, 0.3) is 6.20 Å². The van der Waals surface area contributed by atoms with Gasteiger partial charge in [-0.15, -0.1) is 11.8 Å². The van der Waals surface area contributed by atoms with E-state index in [-0.39, 0.29) is 23.9 Å². The lowest BCUT2D eigenvalue weighted by molar-refractivity contribution is -0.402. The SMILES string of the molecule is COC(=O)[C@H](Cc1ccc(-c2cccc(N/C(=C/[N+](=O)[O-])SC)c2)cc1)NS(=O)(=O)CC12CC[C@@H](CC1=O)C2(C)C. The zero-order valence-corrected chi connectivity index (χ0v) is 25.1. The van der Waals surface area contributed by atoms with Crippen LogP contribution in [-0.2, 0) is 30.8 Å². The second kappa shape index (κ2) is 11.9. The number of carbonyl (C=O) groups excluding carboxylic acids is 2. The molecule has 0 amide bonds. The van der Waals surface area contributed by atoms with Gasteiger partial charge in [-0.25, -0.2) is 13.1 Å². The molecule has 2 saturated carbocycles. The van der Waals surface area contributed by atoms with Crippen LogP contribution in [0.4, 0.5) is 5.69 Å². The number of hydrogen-bond donors (Lipinski definition) is 2. The molecule has 2 aromatic rings. The number of thioether (sulfide) groups is 1. The first-order valence-electron chi connectivity index (χ1n) is 13.3. The molecule has 2 N–H and O–H groups in total. The van der Waals surface area contributed by atoms with Gasteiger partial charge in [0.1, 0.15) is 16.9 Å². The van der Waals surface area contributed by atoms with Gasteiger partial charge in [-0.3, -0.25) is 19.7 Å². The molecule has 4 rings (SSSR count). The molecule has 3 atom stereocenters. The summed E-state index contributed by atoms with van der Waals surface area (Å²) in [6.07, 6.45) is 4.50. The molecule has 2 bridgehead atoms. The Kier molecular flexibility index (Phi) is 8.95. The molecule has 10 nitrogen and oxygen atoms in total. The van der Waals surface area contributed by atoms with Gasteiger partial charge in [0.2, 0.25) is 10.0 Å². The van der Waals surface area contributed by atoms with Crippen molar-refractivity contribution < 1.29 is 27.7 Å². The minimum absolute atomic E-state index is 0.00733. The first kappa shape index (κ1) is 30.7. The van der Waals surface area contributed by atoms with E-state index in [0.29, 0.717) is 23.6 Å². The van der Waals surface area contributed by atoms with Crippen LogP contribution >= 0.6 is 11.8 Å². The van der Waals surface area contributed by atoms with Crippen LogP contribution in [0.1, 0.15) is 38.7 Å². The number of sulfonamides is 1. The smallest absolute Gasteiger partial charge is 0.324 e. The van der Waals surface area contributed by atoms with Gasteiger partial charge >= 0.3 is 5.97 Å². The topological polar surface area (TPSA) is 145 Å². The maximum atomic E-state index is 13.3. The van der Waals surface area contributed by atoms with Gasteiger partial charge in [-0.2, -0.15) is 0 Å². The van der Waals surface area contributed by atoms with Crippen LogP contribution in [0.5, 0.6) is 0 Å². The lowest BCUT2D eigenvalue weighted by atomic mass is 9.70. The molecule has 0 saturated heterocycles. The number of ketones is 1. The van der Waals surface area contributed by atoms with Crippen LogP contribution in [-0.4, -0.2) is 50.3 Å². The molecule has 2 aromatic carbocycles. The fourth-order valence-electron chi connectivity index (χ4n) is 6.23. The van der Waals surface area contributed by atoms with Crippen LogP contribution < -0.4 is 10.0 Å². The third-order valence-corrected chi connectivity index (χ3v) is 10.8. The molecule has 0 heterocycles. The highest BCUT2D eigenvalue weighted by atomic mass is 32.2. The predicted octanol–water partition coefficient (Wildman–Crippen LogP) is 4.60. The van der Waals surface area contributed by atoms with Gasteiger partial charge < -0.3 is 10.1 Å². The van der Waals surface area contributed by atoms with Crippen molar-refractivity contribution in [2.24, 2.45) is 16.7 Å². The number of anilines is 1. The zero-order valence-electron chi connectivity index (χ0n) is 23.5. The molecule has 2 aliphatic carbocycles. The molecule has 12 heteroatoms. The van der Waals surface area contributed by atoms with E-state index in [1.54, 1.807) is 12.3 Å². The Morgan fingerprint density at radius 2 is 1.93 bits per heavy atom. The fraction of sp³-hybridized carbons (Fsp3) is 0.448. The molecule has 0 aromatic heterocycles. The summed E-state index contributed by atoms with van der Waals surface area (Å²) in [5, 5.41) is 14.3. The van der Waals surface area contributed by atoms with E-state index >= 15 is 0 Å². The van der Waals surface area contributed by atoms with Crippen molar-refractivity contribution in [2.45, 2.75) is 45.6 Å². The Balaban J connectivity index is 1.48. The molecule has 41 heavy (non-hydrogen) atoms. The van der Waals surface area contributed by atoms with Gasteiger partial charge in [-0.05, 0) is 65.7 Å².